The summed E-state index contributed by atoms with van der Waals surface area (Å²) >= 11 is 0. The second-order valence-electron chi connectivity index (χ2n) is 5.51. The van der Waals surface area contributed by atoms with Gasteiger partial charge >= 0.3 is 0 Å². The highest BCUT2D eigenvalue weighted by atomic mass is 32.2. The Kier molecular flexibility index (Phi) is 6.92. The molecule has 1 atom stereocenters. The lowest BCUT2D eigenvalue weighted by molar-refractivity contribution is 0.270. The van der Waals surface area contributed by atoms with Gasteiger partial charge in [0.1, 0.15) is 5.75 Å². The lowest BCUT2D eigenvalue weighted by Gasteiger charge is -2.16. The van der Waals surface area contributed by atoms with E-state index in [9.17, 15) is 8.42 Å². The Morgan fingerprint density at radius 3 is 2.67 bits per heavy atom. The number of nitrogens with one attached hydrogen (secondary N) is 1. The zero-order valence-corrected chi connectivity index (χ0v) is 13.8. The van der Waals surface area contributed by atoms with Gasteiger partial charge in [-0.3, -0.25) is 0 Å². The van der Waals surface area contributed by atoms with Gasteiger partial charge in [-0.25, -0.2) is 13.1 Å². The summed E-state index contributed by atoms with van der Waals surface area (Å²) in [6, 6.07) is 7.23. The fraction of sp³-hybridized carbons (Fsp3) is 0.500. The van der Waals surface area contributed by atoms with Gasteiger partial charge in [0.2, 0.25) is 10.0 Å². The number of allylic oxidation sites excluding steroid dienone is 1. The highest BCUT2D eigenvalue weighted by Gasteiger charge is 2.15. The standard InChI is InChI=1S/C16H25NO3S/c1-5-6-10-21(18,19)17-14(4)15-8-7-9-16(11-15)20-12-13(2)3/h5,7-9,11,13-14,17H,1,6,10,12H2,2-4H3/t14-/m1/s1. The molecule has 0 saturated heterocycles. The van der Waals surface area contributed by atoms with E-state index in [4.69, 9.17) is 4.74 Å². The van der Waals surface area contributed by atoms with Crippen molar-refractivity contribution in [3.63, 3.8) is 0 Å². The second kappa shape index (κ2) is 8.20. The Bertz CT molecular complexity index is 552. The minimum atomic E-state index is -3.29. The number of hydrogen-bond acceptors (Lipinski definition) is 3. The van der Waals surface area contributed by atoms with Crippen LogP contribution in [0.3, 0.4) is 0 Å². The van der Waals surface area contributed by atoms with E-state index in [1.807, 2.05) is 31.2 Å². The van der Waals surface area contributed by atoms with Gasteiger partial charge in [-0.1, -0.05) is 32.1 Å². The molecule has 0 amide bonds. The quantitative estimate of drug-likeness (QED) is 0.712. The average molecular weight is 311 g/mol. The van der Waals surface area contributed by atoms with E-state index in [1.54, 1.807) is 6.08 Å². The molecule has 0 saturated carbocycles. The summed E-state index contributed by atoms with van der Waals surface area (Å²) in [6.07, 6.45) is 2.05. The summed E-state index contributed by atoms with van der Waals surface area (Å²) in [5.74, 6) is 1.27. The largest absolute Gasteiger partial charge is 0.493 e. The van der Waals surface area contributed by atoms with Crippen molar-refractivity contribution in [2.75, 3.05) is 12.4 Å². The van der Waals surface area contributed by atoms with Crippen LogP contribution >= 0.6 is 0 Å². The van der Waals surface area contributed by atoms with Crippen LogP contribution in [0, 0.1) is 5.92 Å². The molecule has 1 aromatic carbocycles. The van der Waals surface area contributed by atoms with Crippen molar-refractivity contribution in [1.82, 2.24) is 4.72 Å². The number of hydrogen-bond donors (Lipinski definition) is 1. The number of ether oxygens (including phenoxy) is 1. The lowest BCUT2D eigenvalue weighted by Crippen LogP contribution is -2.29. The van der Waals surface area contributed by atoms with Crippen LogP contribution in [0.25, 0.3) is 0 Å². The van der Waals surface area contributed by atoms with E-state index in [2.05, 4.69) is 25.1 Å². The molecule has 1 rings (SSSR count). The van der Waals surface area contributed by atoms with E-state index in [0.29, 0.717) is 18.9 Å². The molecule has 0 aromatic heterocycles. The first-order chi connectivity index (χ1) is 9.84. The summed E-state index contributed by atoms with van der Waals surface area (Å²) in [5.41, 5.74) is 0.887. The third-order valence-corrected chi connectivity index (χ3v) is 4.37. The molecule has 118 valence electrons. The normalized spacial score (nSPS) is 13.1. The van der Waals surface area contributed by atoms with Crippen LogP contribution in [-0.2, 0) is 10.0 Å². The van der Waals surface area contributed by atoms with E-state index in [1.165, 1.54) is 0 Å². The van der Waals surface area contributed by atoms with Crippen LogP contribution in [0.2, 0.25) is 0 Å². The van der Waals surface area contributed by atoms with Gasteiger partial charge < -0.3 is 4.74 Å². The third-order valence-electron chi connectivity index (χ3n) is 2.89. The predicted molar refractivity (Wildman–Crippen MR) is 86.9 cm³/mol. The molecule has 0 fully saturated rings. The van der Waals surface area contributed by atoms with Crippen molar-refractivity contribution < 1.29 is 13.2 Å². The fourth-order valence-corrected chi connectivity index (χ4v) is 3.04. The van der Waals surface area contributed by atoms with Gasteiger partial charge in [-0.15, -0.1) is 6.58 Å². The molecule has 0 aliphatic rings. The molecule has 0 aliphatic carbocycles. The topological polar surface area (TPSA) is 55.4 Å². The highest BCUT2D eigenvalue weighted by molar-refractivity contribution is 7.89. The van der Waals surface area contributed by atoms with Crippen LogP contribution in [-0.4, -0.2) is 20.8 Å². The SMILES string of the molecule is C=CCCS(=O)(=O)N[C@H](C)c1cccc(OCC(C)C)c1. The highest BCUT2D eigenvalue weighted by Crippen LogP contribution is 2.20. The Morgan fingerprint density at radius 1 is 1.33 bits per heavy atom. The van der Waals surface area contributed by atoms with Gasteiger partial charge in [-0.05, 0) is 37.0 Å². The molecule has 0 spiro atoms. The number of sulfonamides is 1. The van der Waals surface area contributed by atoms with E-state index in [-0.39, 0.29) is 11.8 Å². The first-order valence-electron chi connectivity index (χ1n) is 7.17. The monoisotopic (exact) mass is 311 g/mol. The van der Waals surface area contributed by atoms with Gasteiger partial charge in [0.05, 0.1) is 12.4 Å². The molecule has 1 N–H and O–H groups in total. The summed E-state index contributed by atoms with van der Waals surface area (Å²) in [5, 5.41) is 0. The molecule has 0 radical (unpaired) electrons. The van der Waals surface area contributed by atoms with Crippen LogP contribution in [0.1, 0.15) is 38.8 Å². The summed E-state index contributed by atoms with van der Waals surface area (Å²) in [4.78, 5) is 0. The van der Waals surface area contributed by atoms with Crippen LogP contribution in [0.5, 0.6) is 5.75 Å². The van der Waals surface area contributed by atoms with E-state index in [0.717, 1.165) is 11.3 Å². The van der Waals surface area contributed by atoms with Crippen molar-refractivity contribution in [2.24, 2.45) is 5.92 Å². The van der Waals surface area contributed by atoms with Gasteiger partial charge in [-0.2, -0.15) is 0 Å². The Labute approximate surface area is 128 Å². The Hall–Kier alpha value is -1.33. The maximum absolute atomic E-state index is 11.9. The molecular weight excluding hydrogens is 286 g/mol. The predicted octanol–water partition coefficient (Wildman–Crippen LogP) is 3.28. The maximum atomic E-state index is 11.9. The van der Waals surface area contributed by atoms with E-state index < -0.39 is 10.0 Å². The summed E-state index contributed by atoms with van der Waals surface area (Å²) < 4.78 is 32.1. The summed E-state index contributed by atoms with van der Waals surface area (Å²) in [6.45, 7) is 10.2. The maximum Gasteiger partial charge on any atom is 0.212 e. The molecule has 21 heavy (non-hydrogen) atoms. The van der Waals surface area contributed by atoms with Crippen LogP contribution in [0.15, 0.2) is 36.9 Å². The van der Waals surface area contributed by atoms with Crippen molar-refractivity contribution in [2.45, 2.75) is 33.2 Å². The van der Waals surface area contributed by atoms with Crippen molar-refractivity contribution in [3.05, 3.63) is 42.5 Å². The molecule has 0 heterocycles. The third kappa shape index (κ3) is 6.78. The van der Waals surface area contributed by atoms with Crippen molar-refractivity contribution >= 4 is 10.0 Å². The molecule has 4 nitrogen and oxygen atoms in total. The number of rotatable bonds is 9. The van der Waals surface area contributed by atoms with Crippen LogP contribution in [0.4, 0.5) is 0 Å². The fourth-order valence-electron chi connectivity index (χ4n) is 1.77. The molecule has 0 aliphatic heterocycles. The molecule has 0 unspecified atom stereocenters. The molecular formula is C16H25NO3S. The minimum Gasteiger partial charge on any atom is -0.493 e. The van der Waals surface area contributed by atoms with Gasteiger partial charge in [0.15, 0.2) is 0 Å². The van der Waals surface area contributed by atoms with Crippen molar-refractivity contribution in [1.29, 1.82) is 0 Å². The van der Waals surface area contributed by atoms with Crippen LogP contribution < -0.4 is 9.46 Å². The summed E-state index contributed by atoms with van der Waals surface area (Å²) in [7, 11) is -3.29. The molecule has 0 bridgehead atoms. The smallest absolute Gasteiger partial charge is 0.212 e. The first kappa shape index (κ1) is 17.7. The zero-order chi connectivity index (χ0) is 15.9. The Balaban J connectivity index is 2.71. The molecule has 1 aromatic rings. The minimum absolute atomic E-state index is 0.0599. The van der Waals surface area contributed by atoms with Gasteiger partial charge in [0, 0.05) is 6.04 Å². The first-order valence-corrected chi connectivity index (χ1v) is 8.83. The molecule has 5 heteroatoms. The van der Waals surface area contributed by atoms with E-state index >= 15 is 0 Å². The average Bonchev–Trinajstić information content (AvgIpc) is 2.43. The lowest BCUT2D eigenvalue weighted by atomic mass is 10.1. The number of benzene rings is 1. The van der Waals surface area contributed by atoms with Gasteiger partial charge in [0.25, 0.3) is 0 Å². The second-order valence-corrected chi connectivity index (χ2v) is 7.39. The van der Waals surface area contributed by atoms with Crippen molar-refractivity contribution in [3.8, 4) is 5.75 Å². The zero-order valence-electron chi connectivity index (χ0n) is 13.0. The Morgan fingerprint density at radius 2 is 2.05 bits per heavy atom.